The van der Waals surface area contributed by atoms with Crippen LogP contribution in [0.2, 0.25) is 0 Å². The minimum atomic E-state index is -0.435. The third kappa shape index (κ3) is 2.39. The Morgan fingerprint density at radius 3 is 2.40 bits per heavy atom. The summed E-state index contributed by atoms with van der Waals surface area (Å²) in [5.74, 6) is -0.937. The second-order valence-electron chi connectivity index (χ2n) is 4.59. The molecule has 6 nitrogen and oxygen atoms in total. The molecule has 3 rings (SSSR count). The van der Waals surface area contributed by atoms with Gasteiger partial charge in [-0.15, -0.1) is 12.4 Å². The minimum Gasteiger partial charge on any atom is -0.336 e. The molecule has 0 radical (unpaired) electrons. The zero-order valence-corrected chi connectivity index (χ0v) is 11.5. The van der Waals surface area contributed by atoms with E-state index in [1.807, 2.05) is 0 Å². The molecular weight excluding hydrogens is 282 g/mol. The van der Waals surface area contributed by atoms with E-state index in [9.17, 15) is 14.4 Å². The molecule has 2 aliphatic heterocycles. The lowest BCUT2D eigenvalue weighted by Crippen LogP contribution is -2.46. The molecule has 2 heterocycles. The van der Waals surface area contributed by atoms with E-state index in [0.717, 1.165) is 13.1 Å². The summed E-state index contributed by atoms with van der Waals surface area (Å²) in [6.45, 7) is 2.85. The second kappa shape index (κ2) is 5.60. The fraction of sp³-hybridized carbons (Fsp3) is 0.308. The Hall–Kier alpha value is -1.92. The first-order valence-electron chi connectivity index (χ1n) is 6.16. The van der Waals surface area contributed by atoms with Crippen molar-refractivity contribution < 1.29 is 14.4 Å². The first kappa shape index (κ1) is 14.5. The van der Waals surface area contributed by atoms with Gasteiger partial charge in [0.15, 0.2) is 0 Å². The smallest absolute Gasteiger partial charge is 0.258 e. The standard InChI is InChI=1S/C13H13N3O3.ClH/c17-11-9-2-1-8(7-10(9)12(18)15-11)13(19)16-5-3-14-4-6-16;/h1-2,7,14H,3-6H2,(H,15,17,18);1H. The van der Waals surface area contributed by atoms with Gasteiger partial charge in [-0.3, -0.25) is 19.7 Å². The molecule has 1 aromatic carbocycles. The van der Waals surface area contributed by atoms with Crippen LogP contribution in [0.1, 0.15) is 31.1 Å². The van der Waals surface area contributed by atoms with Gasteiger partial charge in [-0.1, -0.05) is 0 Å². The van der Waals surface area contributed by atoms with E-state index in [2.05, 4.69) is 10.6 Å². The lowest BCUT2D eigenvalue weighted by molar-refractivity contribution is 0.0735. The predicted octanol–water partition coefficient (Wildman–Crippen LogP) is 0.0374. The van der Waals surface area contributed by atoms with Crippen molar-refractivity contribution in [2.45, 2.75) is 0 Å². The van der Waals surface area contributed by atoms with Crippen LogP contribution < -0.4 is 10.6 Å². The molecular formula is C13H14ClN3O3. The van der Waals surface area contributed by atoms with Crippen LogP contribution in [0.4, 0.5) is 0 Å². The first-order chi connectivity index (χ1) is 9.16. The SMILES string of the molecule is Cl.O=C1NC(=O)c2cc(C(=O)N3CCNCC3)ccc21. The van der Waals surface area contributed by atoms with Crippen molar-refractivity contribution in [3.05, 3.63) is 34.9 Å². The summed E-state index contributed by atoms with van der Waals surface area (Å²) in [6.07, 6.45) is 0. The van der Waals surface area contributed by atoms with E-state index in [-0.39, 0.29) is 23.9 Å². The molecule has 7 heteroatoms. The summed E-state index contributed by atoms with van der Waals surface area (Å²) in [6, 6.07) is 4.63. The fourth-order valence-corrected chi connectivity index (χ4v) is 2.35. The third-order valence-electron chi connectivity index (χ3n) is 3.39. The number of carbonyl (C=O) groups excluding carboxylic acids is 3. The number of hydrogen-bond acceptors (Lipinski definition) is 4. The van der Waals surface area contributed by atoms with Gasteiger partial charge in [-0.05, 0) is 18.2 Å². The Balaban J connectivity index is 0.00000147. The van der Waals surface area contributed by atoms with Crippen LogP contribution in [0.25, 0.3) is 0 Å². The molecule has 2 aliphatic rings. The number of imide groups is 1. The van der Waals surface area contributed by atoms with Gasteiger partial charge in [-0.2, -0.15) is 0 Å². The highest BCUT2D eigenvalue weighted by Crippen LogP contribution is 2.18. The van der Waals surface area contributed by atoms with Gasteiger partial charge in [-0.25, -0.2) is 0 Å². The summed E-state index contributed by atoms with van der Waals surface area (Å²) in [4.78, 5) is 37.0. The van der Waals surface area contributed by atoms with Gasteiger partial charge in [0.2, 0.25) is 0 Å². The van der Waals surface area contributed by atoms with E-state index in [4.69, 9.17) is 0 Å². The molecule has 1 saturated heterocycles. The number of fused-ring (bicyclic) bond motifs is 1. The molecule has 0 atom stereocenters. The summed E-state index contributed by atoms with van der Waals surface area (Å²) in [5, 5.41) is 5.39. The Labute approximate surface area is 121 Å². The first-order valence-corrected chi connectivity index (χ1v) is 6.16. The average Bonchev–Trinajstić information content (AvgIpc) is 2.74. The average molecular weight is 296 g/mol. The van der Waals surface area contributed by atoms with Crippen LogP contribution in [0.15, 0.2) is 18.2 Å². The molecule has 0 unspecified atom stereocenters. The highest BCUT2D eigenvalue weighted by molar-refractivity contribution is 6.22. The summed E-state index contributed by atoms with van der Waals surface area (Å²) >= 11 is 0. The molecule has 0 saturated carbocycles. The van der Waals surface area contributed by atoms with Gasteiger partial charge in [0.05, 0.1) is 11.1 Å². The van der Waals surface area contributed by atoms with Crippen molar-refractivity contribution in [1.29, 1.82) is 0 Å². The van der Waals surface area contributed by atoms with E-state index in [1.54, 1.807) is 11.0 Å². The van der Waals surface area contributed by atoms with Gasteiger partial charge in [0, 0.05) is 31.7 Å². The molecule has 3 amide bonds. The molecule has 1 fully saturated rings. The third-order valence-corrected chi connectivity index (χ3v) is 3.39. The number of carbonyl (C=O) groups is 3. The zero-order chi connectivity index (χ0) is 13.4. The highest BCUT2D eigenvalue weighted by Gasteiger charge is 2.28. The number of hydrogen-bond donors (Lipinski definition) is 2. The van der Waals surface area contributed by atoms with Crippen molar-refractivity contribution in [2.75, 3.05) is 26.2 Å². The molecule has 0 aliphatic carbocycles. The van der Waals surface area contributed by atoms with Gasteiger partial charge >= 0.3 is 0 Å². The van der Waals surface area contributed by atoms with E-state index < -0.39 is 11.8 Å². The molecule has 106 valence electrons. The monoisotopic (exact) mass is 295 g/mol. The van der Waals surface area contributed by atoms with Crippen molar-refractivity contribution in [3.63, 3.8) is 0 Å². The van der Waals surface area contributed by atoms with Crippen LogP contribution in [-0.4, -0.2) is 48.8 Å². The van der Waals surface area contributed by atoms with Crippen LogP contribution in [0.3, 0.4) is 0 Å². The zero-order valence-electron chi connectivity index (χ0n) is 10.6. The van der Waals surface area contributed by atoms with Gasteiger partial charge < -0.3 is 10.2 Å². The number of amides is 3. The molecule has 0 spiro atoms. The predicted molar refractivity (Wildman–Crippen MR) is 74.3 cm³/mol. The number of rotatable bonds is 1. The van der Waals surface area contributed by atoms with Gasteiger partial charge in [0.25, 0.3) is 17.7 Å². The Kier molecular flexibility index (Phi) is 4.06. The number of benzene rings is 1. The summed E-state index contributed by atoms with van der Waals surface area (Å²) in [5.41, 5.74) is 1.07. The number of halogens is 1. The maximum absolute atomic E-state index is 12.3. The Morgan fingerprint density at radius 1 is 1.05 bits per heavy atom. The normalized spacial score (nSPS) is 17.3. The topological polar surface area (TPSA) is 78.5 Å². The summed E-state index contributed by atoms with van der Waals surface area (Å²) in [7, 11) is 0. The van der Waals surface area contributed by atoms with E-state index >= 15 is 0 Å². The minimum absolute atomic E-state index is 0. The number of nitrogens with zero attached hydrogens (tertiary/aromatic N) is 1. The van der Waals surface area contributed by atoms with Crippen LogP contribution in [0.5, 0.6) is 0 Å². The lowest BCUT2D eigenvalue weighted by atomic mass is 10.0. The van der Waals surface area contributed by atoms with Crippen LogP contribution >= 0.6 is 12.4 Å². The maximum Gasteiger partial charge on any atom is 0.258 e. The van der Waals surface area contributed by atoms with E-state index in [1.165, 1.54) is 12.1 Å². The van der Waals surface area contributed by atoms with Crippen molar-refractivity contribution >= 4 is 30.1 Å². The van der Waals surface area contributed by atoms with Crippen LogP contribution in [0, 0.1) is 0 Å². The maximum atomic E-state index is 12.3. The van der Waals surface area contributed by atoms with Crippen molar-refractivity contribution in [2.24, 2.45) is 0 Å². The van der Waals surface area contributed by atoms with Crippen molar-refractivity contribution in [3.8, 4) is 0 Å². The quantitative estimate of drug-likeness (QED) is 0.717. The lowest BCUT2D eigenvalue weighted by Gasteiger charge is -2.27. The molecule has 1 aromatic rings. The molecule has 2 N–H and O–H groups in total. The fourth-order valence-electron chi connectivity index (χ4n) is 2.35. The second-order valence-corrected chi connectivity index (χ2v) is 4.59. The molecule has 0 bridgehead atoms. The number of piperazine rings is 1. The number of nitrogens with one attached hydrogen (secondary N) is 2. The largest absolute Gasteiger partial charge is 0.336 e. The van der Waals surface area contributed by atoms with E-state index in [0.29, 0.717) is 24.2 Å². The Morgan fingerprint density at radius 2 is 1.70 bits per heavy atom. The Bertz CT molecular complexity index is 582. The molecule has 20 heavy (non-hydrogen) atoms. The van der Waals surface area contributed by atoms with Crippen molar-refractivity contribution in [1.82, 2.24) is 15.5 Å². The highest BCUT2D eigenvalue weighted by atomic mass is 35.5. The van der Waals surface area contributed by atoms with Crippen LogP contribution in [-0.2, 0) is 0 Å². The van der Waals surface area contributed by atoms with Gasteiger partial charge in [0.1, 0.15) is 0 Å². The molecule has 0 aromatic heterocycles. The summed E-state index contributed by atoms with van der Waals surface area (Å²) < 4.78 is 0.